The molecule has 0 fully saturated rings. The van der Waals surface area contributed by atoms with E-state index in [2.05, 4.69) is 5.10 Å². The van der Waals surface area contributed by atoms with E-state index < -0.39 is 5.97 Å². The molecule has 0 saturated carbocycles. The normalized spacial score (nSPS) is 11.2. The zero-order valence-corrected chi connectivity index (χ0v) is 15.2. The summed E-state index contributed by atoms with van der Waals surface area (Å²) in [5, 5.41) is 5.68. The fourth-order valence-corrected chi connectivity index (χ4v) is 3.21. The molecule has 0 atom stereocenters. The summed E-state index contributed by atoms with van der Waals surface area (Å²) in [6.07, 6.45) is -0.147. The van der Waals surface area contributed by atoms with Gasteiger partial charge < -0.3 is 9.15 Å². The summed E-state index contributed by atoms with van der Waals surface area (Å²) in [6.45, 7) is 1.97. The second kappa shape index (κ2) is 6.89. The number of carbonyl (C=O) groups excluding carboxylic acids is 1. The number of benzene rings is 2. The van der Waals surface area contributed by atoms with E-state index in [-0.39, 0.29) is 29.9 Å². The molecule has 136 valence electrons. The van der Waals surface area contributed by atoms with Gasteiger partial charge in [0.1, 0.15) is 29.0 Å². The van der Waals surface area contributed by atoms with E-state index in [9.17, 15) is 9.59 Å². The average Bonchev–Trinajstić information content (AvgIpc) is 3.00. The highest BCUT2D eigenvalue weighted by Gasteiger charge is 2.26. The number of halogens is 1. The molecule has 0 spiro atoms. The molecule has 0 unspecified atom stereocenters. The number of hydrogen-bond acceptors (Lipinski definition) is 5. The van der Waals surface area contributed by atoms with Crippen LogP contribution in [0.4, 0.5) is 0 Å². The van der Waals surface area contributed by atoms with Gasteiger partial charge in [-0.3, -0.25) is 9.59 Å². The van der Waals surface area contributed by atoms with E-state index >= 15 is 0 Å². The summed E-state index contributed by atoms with van der Waals surface area (Å²) in [4.78, 5) is 25.1. The number of aromatic nitrogens is 2. The molecule has 0 aromatic heterocycles. The van der Waals surface area contributed by atoms with Gasteiger partial charge in [0.05, 0.1) is 12.3 Å². The molecule has 2 aliphatic heterocycles. The minimum absolute atomic E-state index is 0.147. The van der Waals surface area contributed by atoms with Crippen molar-refractivity contribution < 1.29 is 13.9 Å². The highest BCUT2D eigenvalue weighted by molar-refractivity contribution is 6.30. The first kappa shape index (κ1) is 17.3. The molecule has 2 aliphatic rings. The monoisotopic (exact) mass is 382 g/mol. The van der Waals surface area contributed by atoms with Gasteiger partial charge in [0, 0.05) is 10.4 Å². The lowest BCUT2D eigenvalue weighted by Gasteiger charge is -2.08. The van der Waals surface area contributed by atoms with Crippen LogP contribution >= 0.6 is 11.6 Å². The topological polar surface area (TPSA) is 74.3 Å². The Kier molecular flexibility index (Phi) is 4.41. The van der Waals surface area contributed by atoms with Crippen LogP contribution in [-0.2, 0) is 16.0 Å². The van der Waals surface area contributed by atoms with Crippen molar-refractivity contribution in [2.75, 3.05) is 6.61 Å². The van der Waals surface area contributed by atoms with Crippen LogP contribution in [0, 0.1) is 0 Å². The van der Waals surface area contributed by atoms with Crippen molar-refractivity contribution in [1.29, 1.82) is 0 Å². The SMILES string of the molecule is CCOC(=O)Cc1oc2ccccc2c2nn(-c3cccc(Cl)c3)c(=O)c1-2. The van der Waals surface area contributed by atoms with Crippen LogP contribution in [0.5, 0.6) is 0 Å². The second-order valence-electron chi connectivity index (χ2n) is 5.92. The van der Waals surface area contributed by atoms with Gasteiger partial charge in [-0.15, -0.1) is 0 Å². The molecule has 2 aromatic rings. The van der Waals surface area contributed by atoms with Gasteiger partial charge in [-0.25, -0.2) is 0 Å². The van der Waals surface area contributed by atoms with Gasteiger partial charge in [0.2, 0.25) is 0 Å². The second-order valence-corrected chi connectivity index (χ2v) is 6.36. The standard InChI is InChI=1S/C20H15ClN2O4/c1-2-26-17(24)11-16-18-19(14-8-3-4-9-15(14)27-16)22-23(20(18)25)13-7-5-6-12(21)10-13/h3-10H,2,11H2,1H3. The highest BCUT2D eigenvalue weighted by Crippen LogP contribution is 2.32. The van der Waals surface area contributed by atoms with Gasteiger partial charge in [-0.1, -0.05) is 29.8 Å². The van der Waals surface area contributed by atoms with Crippen LogP contribution in [0.1, 0.15) is 12.7 Å². The van der Waals surface area contributed by atoms with E-state index in [0.29, 0.717) is 27.4 Å². The Morgan fingerprint density at radius 1 is 1.22 bits per heavy atom. The number of esters is 1. The van der Waals surface area contributed by atoms with Gasteiger partial charge in [-0.05, 0) is 37.3 Å². The first-order valence-electron chi connectivity index (χ1n) is 8.43. The third-order valence-electron chi connectivity index (χ3n) is 4.16. The Morgan fingerprint density at radius 3 is 2.81 bits per heavy atom. The van der Waals surface area contributed by atoms with Crippen LogP contribution in [0.2, 0.25) is 5.02 Å². The van der Waals surface area contributed by atoms with E-state index in [1.54, 1.807) is 37.3 Å². The molecule has 0 saturated heterocycles. The molecule has 2 aromatic carbocycles. The van der Waals surface area contributed by atoms with Crippen LogP contribution in [0.3, 0.4) is 0 Å². The summed E-state index contributed by atoms with van der Waals surface area (Å²) in [6, 6.07) is 14.1. The van der Waals surface area contributed by atoms with E-state index in [0.717, 1.165) is 0 Å². The van der Waals surface area contributed by atoms with Crippen molar-refractivity contribution in [3.63, 3.8) is 0 Å². The molecule has 2 heterocycles. The Bertz CT molecular complexity index is 1180. The molecule has 0 bridgehead atoms. The molecule has 6 nitrogen and oxygen atoms in total. The lowest BCUT2D eigenvalue weighted by molar-refractivity contribution is -0.142. The lowest BCUT2D eigenvalue weighted by atomic mass is 10.1. The maximum Gasteiger partial charge on any atom is 0.313 e. The van der Waals surface area contributed by atoms with Gasteiger partial charge in [-0.2, -0.15) is 9.78 Å². The first-order valence-corrected chi connectivity index (χ1v) is 8.81. The van der Waals surface area contributed by atoms with E-state index in [1.807, 2.05) is 18.2 Å². The molecular weight excluding hydrogens is 368 g/mol. The van der Waals surface area contributed by atoms with E-state index in [4.69, 9.17) is 20.8 Å². The predicted octanol–water partition coefficient (Wildman–Crippen LogP) is 3.84. The Morgan fingerprint density at radius 2 is 2.04 bits per heavy atom. The lowest BCUT2D eigenvalue weighted by Crippen LogP contribution is -2.17. The average molecular weight is 383 g/mol. The van der Waals surface area contributed by atoms with Gasteiger partial charge in [0.15, 0.2) is 0 Å². The summed E-state index contributed by atoms with van der Waals surface area (Å²) >= 11 is 6.05. The Balaban J connectivity index is 2.00. The summed E-state index contributed by atoms with van der Waals surface area (Å²) < 4.78 is 12.1. The summed E-state index contributed by atoms with van der Waals surface area (Å²) in [7, 11) is 0. The number of ether oxygens (including phenoxy) is 1. The third kappa shape index (κ3) is 3.08. The minimum Gasteiger partial charge on any atom is -0.466 e. The minimum atomic E-state index is -0.465. The zero-order valence-electron chi connectivity index (χ0n) is 14.4. The van der Waals surface area contributed by atoms with Crippen LogP contribution in [0.25, 0.3) is 27.9 Å². The number of fused-ring (bicyclic) bond motifs is 3. The molecule has 0 radical (unpaired) electrons. The molecule has 0 amide bonds. The van der Waals surface area contributed by atoms with Crippen molar-refractivity contribution in [2.24, 2.45) is 0 Å². The molecule has 0 N–H and O–H groups in total. The van der Waals surface area contributed by atoms with Crippen molar-refractivity contribution in [3.8, 4) is 16.9 Å². The zero-order chi connectivity index (χ0) is 19.0. The number of nitrogens with zero attached hydrogens (tertiary/aromatic N) is 2. The highest BCUT2D eigenvalue weighted by atomic mass is 35.5. The molecule has 4 rings (SSSR count). The summed E-state index contributed by atoms with van der Waals surface area (Å²) in [5.41, 5.74) is 1.44. The summed E-state index contributed by atoms with van der Waals surface area (Å²) in [5.74, 6) is -0.229. The van der Waals surface area contributed by atoms with Crippen molar-refractivity contribution in [3.05, 3.63) is 69.7 Å². The maximum atomic E-state index is 13.1. The Hall–Kier alpha value is -3.12. The molecule has 0 aliphatic carbocycles. The smallest absolute Gasteiger partial charge is 0.313 e. The Labute approximate surface area is 159 Å². The number of para-hydroxylation sites is 1. The quantitative estimate of drug-likeness (QED) is 0.501. The van der Waals surface area contributed by atoms with Crippen LogP contribution in [-0.4, -0.2) is 22.4 Å². The van der Waals surface area contributed by atoms with Gasteiger partial charge >= 0.3 is 5.97 Å². The van der Waals surface area contributed by atoms with Crippen LogP contribution < -0.4 is 5.56 Å². The number of hydrogen-bond donors (Lipinski definition) is 0. The van der Waals surface area contributed by atoms with Crippen molar-refractivity contribution in [2.45, 2.75) is 13.3 Å². The largest absolute Gasteiger partial charge is 0.466 e. The fourth-order valence-electron chi connectivity index (χ4n) is 3.03. The van der Waals surface area contributed by atoms with Crippen LogP contribution in [0.15, 0.2) is 57.7 Å². The third-order valence-corrected chi connectivity index (χ3v) is 4.40. The molecule has 27 heavy (non-hydrogen) atoms. The predicted molar refractivity (Wildman–Crippen MR) is 102 cm³/mol. The molecule has 7 heteroatoms. The number of rotatable bonds is 4. The van der Waals surface area contributed by atoms with Crippen molar-refractivity contribution in [1.82, 2.24) is 9.78 Å². The maximum absolute atomic E-state index is 13.1. The first-order chi connectivity index (χ1) is 13.1. The number of carbonyl (C=O) groups is 1. The van der Waals surface area contributed by atoms with Crippen molar-refractivity contribution >= 4 is 28.5 Å². The van der Waals surface area contributed by atoms with Gasteiger partial charge in [0.25, 0.3) is 5.56 Å². The fraction of sp³-hybridized carbons (Fsp3) is 0.150. The molecular formula is C20H15ClN2O4. The van der Waals surface area contributed by atoms with E-state index in [1.165, 1.54) is 4.68 Å².